The second kappa shape index (κ2) is 11.2. The number of allylic oxidation sites excluding steroid dienone is 1. The average Bonchev–Trinajstić information content (AvgIpc) is 2.20. The predicted molar refractivity (Wildman–Crippen MR) is 62.8 cm³/mol. The number of hydrogen-bond acceptors (Lipinski definition) is 2. The summed E-state index contributed by atoms with van der Waals surface area (Å²) in [6, 6.07) is 0. The fourth-order valence-corrected chi connectivity index (χ4v) is 1.47. The first kappa shape index (κ1) is 14.2. The van der Waals surface area contributed by atoms with E-state index in [0.717, 1.165) is 25.8 Å². The van der Waals surface area contributed by atoms with Gasteiger partial charge in [-0.05, 0) is 25.8 Å². The van der Waals surface area contributed by atoms with Gasteiger partial charge in [0.15, 0.2) is 0 Å². The number of carboxylic acid groups (broad SMARTS) is 1. The van der Waals surface area contributed by atoms with Crippen LogP contribution in [0.15, 0.2) is 12.2 Å². The minimum Gasteiger partial charge on any atom is -0.478 e. The highest BCUT2D eigenvalue weighted by Gasteiger charge is 1.90. The first-order chi connectivity index (χ1) is 7.27. The number of aliphatic carboxylic acids is 1. The van der Waals surface area contributed by atoms with E-state index in [-0.39, 0.29) is 0 Å². The van der Waals surface area contributed by atoms with Gasteiger partial charge in [-0.3, -0.25) is 0 Å². The SMILES string of the molecule is NCCCCCCCCC/C=C/C(=O)O. The van der Waals surface area contributed by atoms with Crippen molar-refractivity contribution in [3.8, 4) is 0 Å². The zero-order valence-electron chi connectivity index (χ0n) is 9.45. The van der Waals surface area contributed by atoms with Crippen molar-refractivity contribution < 1.29 is 9.90 Å². The van der Waals surface area contributed by atoms with Gasteiger partial charge < -0.3 is 10.8 Å². The Morgan fingerprint density at radius 2 is 1.53 bits per heavy atom. The standard InChI is InChI=1S/C12H23NO2/c13-11-9-7-5-3-1-2-4-6-8-10-12(14)15/h8,10H,1-7,9,11,13H2,(H,14,15)/b10-8+. The molecule has 15 heavy (non-hydrogen) atoms. The summed E-state index contributed by atoms with van der Waals surface area (Å²) in [5.74, 6) is -0.850. The van der Waals surface area contributed by atoms with Crippen LogP contribution < -0.4 is 5.73 Å². The molecule has 0 aliphatic heterocycles. The number of rotatable bonds is 10. The molecule has 0 aromatic carbocycles. The zero-order chi connectivity index (χ0) is 11.4. The van der Waals surface area contributed by atoms with Crippen LogP contribution in [-0.4, -0.2) is 17.6 Å². The smallest absolute Gasteiger partial charge is 0.327 e. The van der Waals surface area contributed by atoms with Gasteiger partial charge in [0, 0.05) is 6.08 Å². The first-order valence-electron chi connectivity index (χ1n) is 5.87. The molecule has 3 heteroatoms. The number of unbranched alkanes of at least 4 members (excludes halogenated alkanes) is 7. The van der Waals surface area contributed by atoms with Gasteiger partial charge in [0.1, 0.15) is 0 Å². The van der Waals surface area contributed by atoms with E-state index in [4.69, 9.17) is 10.8 Å². The fraction of sp³-hybridized carbons (Fsp3) is 0.750. The zero-order valence-corrected chi connectivity index (χ0v) is 9.45. The van der Waals surface area contributed by atoms with Gasteiger partial charge in [0.05, 0.1) is 0 Å². The van der Waals surface area contributed by atoms with E-state index in [1.807, 2.05) is 0 Å². The maximum Gasteiger partial charge on any atom is 0.327 e. The highest BCUT2D eigenvalue weighted by molar-refractivity contribution is 5.79. The third-order valence-corrected chi connectivity index (χ3v) is 2.34. The molecule has 0 aromatic rings. The minimum atomic E-state index is -0.850. The molecule has 88 valence electrons. The molecule has 0 saturated carbocycles. The summed E-state index contributed by atoms with van der Waals surface area (Å²) >= 11 is 0. The maximum absolute atomic E-state index is 10.1. The van der Waals surface area contributed by atoms with Crippen molar-refractivity contribution in [1.82, 2.24) is 0 Å². The Kier molecular flexibility index (Phi) is 10.6. The third-order valence-electron chi connectivity index (χ3n) is 2.34. The molecule has 0 aromatic heterocycles. The van der Waals surface area contributed by atoms with E-state index < -0.39 is 5.97 Å². The number of nitrogens with two attached hydrogens (primary N) is 1. The molecule has 3 N–H and O–H groups in total. The predicted octanol–water partition coefficient (Wildman–Crippen LogP) is 2.71. The maximum atomic E-state index is 10.1. The second-order valence-electron chi connectivity index (χ2n) is 3.79. The van der Waals surface area contributed by atoms with Gasteiger partial charge in [0.25, 0.3) is 0 Å². The van der Waals surface area contributed by atoms with Crippen molar-refractivity contribution in [2.75, 3.05) is 6.54 Å². The molecule has 0 amide bonds. The lowest BCUT2D eigenvalue weighted by molar-refractivity contribution is -0.131. The summed E-state index contributed by atoms with van der Waals surface area (Å²) in [7, 11) is 0. The molecular weight excluding hydrogens is 190 g/mol. The Balaban J connectivity index is 3.02. The fourth-order valence-electron chi connectivity index (χ4n) is 1.47. The van der Waals surface area contributed by atoms with Crippen molar-refractivity contribution in [1.29, 1.82) is 0 Å². The highest BCUT2D eigenvalue weighted by Crippen LogP contribution is 2.08. The molecule has 0 fully saturated rings. The minimum absolute atomic E-state index is 0.806. The van der Waals surface area contributed by atoms with E-state index in [2.05, 4.69) is 0 Å². The van der Waals surface area contributed by atoms with Crippen molar-refractivity contribution in [3.63, 3.8) is 0 Å². The molecular formula is C12H23NO2. The lowest BCUT2D eigenvalue weighted by Gasteiger charge is -1.99. The van der Waals surface area contributed by atoms with Crippen LogP contribution in [0.25, 0.3) is 0 Å². The summed E-state index contributed by atoms with van der Waals surface area (Å²) < 4.78 is 0. The van der Waals surface area contributed by atoms with E-state index in [0.29, 0.717) is 0 Å². The Bertz CT molecular complexity index is 178. The lowest BCUT2D eigenvalue weighted by atomic mass is 10.1. The molecule has 0 bridgehead atoms. The van der Waals surface area contributed by atoms with Gasteiger partial charge in [-0.25, -0.2) is 4.79 Å². The van der Waals surface area contributed by atoms with Crippen molar-refractivity contribution >= 4 is 5.97 Å². The van der Waals surface area contributed by atoms with Crippen LogP contribution >= 0.6 is 0 Å². The molecule has 0 aliphatic carbocycles. The lowest BCUT2D eigenvalue weighted by Crippen LogP contribution is -1.97. The van der Waals surface area contributed by atoms with Crippen LogP contribution in [0.4, 0.5) is 0 Å². The van der Waals surface area contributed by atoms with Crippen LogP contribution in [0.3, 0.4) is 0 Å². The van der Waals surface area contributed by atoms with E-state index in [1.54, 1.807) is 6.08 Å². The molecule has 3 nitrogen and oxygen atoms in total. The van der Waals surface area contributed by atoms with Gasteiger partial charge in [0.2, 0.25) is 0 Å². The second-order valence-corrected chi connectivity index (χ2v) is 3.79. The molecule has 0 radical (unpaired) electrons. The number of hydrogen-bond donors (Lipinski definition) is 2. The molecule has 0 spiro atoms. The summed E-state index contributed by atoms with van der Waals surface area (Å²) in [6.07, 6.45) is 12.3. The third kappa shape index (κ3) is 13.2. The van der Waals surface area contributed by atoms with Crippen molar-refractivity contribution in [2.45, 2.75) is 51.4 Å². The van der Waals surface area contributed by atoms with Crippen molar-refractivity contribution in [3.05, 3.63) is 12.2 Å². The Morgan fingerprint density at radius 3 is 2.07 bits per heavy atom. The normalized spacial score (nSPS) is 11.0. The molecule has 0 unspecified atom stereocenters. The monoisotopic (exact) mass is 213 g/mol. The summed E-state index contributed by atoms with van der Waals surface area (Å²) in [5.41, 5.74) is 5.39. The van der Waals surface area contributed by atoms with E-state index >= 15 is 0 Å². The Morgan fingerprint density at radius 1 is 1.00 bits per heavy atom. The van der Waals surface area contributed by atoms with Gasteiger partial charge in [-0.1, -0.05) is 38.2 Å². The quantitative estimate of drug-likeness (QED) is 0.433. The Labute approximate surface area is 92.4 Å². The van der Waals surface area contributed by atoms with E-state index in [9.17, 15) is 4.79 Å². The van der Waals surface area contributed by atoms with Crippen LogP contribution in [0.1, 0.15) is 51.4 Å². The summed E-state index contributed by atoms with van der Waals surface area (Å²) in [4.78, 5) is 10.1. The van der Waals surface area contributed by atoms with E-state index in [1.165, 1.54) is 38.2 Å². The molecule has 0 saturated heterocycles. The van der Waals surface area contributed by atoms with Crippen LogP contribution in [-0.2, 0) is 4.79 Å². The largest absolute Gasteiger partial charge is 0.478 e. The average molecular weight is 213 g/mol. The van der Waals surface area contributed by atoms with Gasteiger partial charge in [-0.2, -0.15) is 0 Å². The molecule has 0 aliphatic rings. The molecule has 0 atom stereocenters. The topological polar surface area (TPSA) is 63.3 Å². The van der Waals surface area contributed by atoms with Gasteiger partial charge >= 0.3 is 5.97 Å². The van der Waals surface area contributed by atoms with Crippen molar-refractivity contribution in [2.24, 2.45) is 5.73 Å². The summed E-state index contributed by atoms with van der Waals surface area (Å²) in [5, 5.41) is 8.34. The molecule has 0 heterocycles. The Hall–Kier alpha value is -0.830. The number of carbonyl (C=O) groups is 1. The number of carboxylic acids is 1. The van der Waals surface area contributed by atoms with Crippen LogP contribution in [0.5, 0.6) is 0 Å². The highest BCUT2D eigenvalue weighted by atomic mass is 16.4. The summed E-state index contributed by atoms with van der Waals surface area (Å²) in [6.45, 7) is 0.806. The molecule has 0 rings (SSSR count). The first-order valence-corrected chi connectivity index (χ1v) is 5.87. The van der Waals surface area contributed by atoms with Gasteiger partial charge in [-0.15, -0.1) is 0 Å². The van der Waals surface area contributed by atoms with Crippen LogP contribution in [0.2, 0.25) is 0 Å². The van der Waals surface area contributed by atoms with Crippen LogP contribution in [0, 0.1) is 0 Å².